The van der Waals surface area contributed by atoms with Crippen molar-refractivity contribution in [3.8, 4) is 0 Å². The number of hydrogen-bond donors (Lipinski definition) is 1. The van der Waals surface area contributed by atoms with Gasteiger partial charge in [0.05, 0.1) is 6.10 Å². The maximum absolute atomic E-state index is 9.09. The van der Waals surface area contributed by atoms with Gasteiger partial charge >= 0.3 is 0 Å². The van der Waals surface area contributed by atoms with Gasteiger partial charge in [-0.3, -0.25) is 4.90 Å². The predicted molar refractivity (Wildman–Crippen MR) is 37.3 cm³/mol. The van der Waals surface area contributed by atoms with Crippen LogP contribution in [0.3, 0.4) is 0 Å². The van der Waals surface area contributed by atoms with Crippen molar-refractivity contribution >= 4 is 0 Å². The van der Waals surface area contributed by atoms with Gasteiger partial charge in [-0.25, -0.2) is 0 Å². The summed E-state index contributed by atoms with van der Waals surface area (Å²) in [7, 11) is 0. The van der Waals surface area contributed by atoms with Crippen LogP contribution in [-0.4, -0.2) is 34.7 Å². The summed E-state index contributed by atoms with van der Waals surface area (Å²) in [6.45, 7) is 7.23. The number of aliphatic hydroxyl groups is 1. The topological polar surface area (TPSA) is 23.5 Å². The summed E-state index contributed by atoms with van der Waals surface area (Å²) < 4.78 is 0. The van der Waals surface area contributed by atoms with Gasteiger partial charge < -0.3 is 5.11 Å². The lowest BCUT2D eigenvalue weighted by molar-refractivity contribution is -0.0691. The molecule has 2 atom stereocenters. The summed E-state index contributed by atoms with van der Waals surface area (Å²) in [5, 5.41) is 9.09. The quantitative estimate of drug-likeness (QED) is 0.556. The van der Waals surface area contributed by atoms with Crippen molar-refractivity contribution in [3.63, 3.8) is 0 Å². The van der Waals surface area contributed by atoms with Crippen molar-refractivity contribution in [2.45, 2.75) is 39.0 Å². The molecule has 1 aliphatic heterocycles. The molecule has 1 rings (SSSR count). The van der Waals surface area contributed by atoms with Gasteiger partial charge in [-0.15, -0.1) is 0 Å². The van der Waals surface area contributed by atoms with Crippen molar-refractivity contribution in [3.05, 3.63) is 0 Å². The first kappa shape index (κ1) is 7.03. The van der Waals surface area contributed by atoms with Crippen LogP contribution >= 0.6 is 0 Å². The van der Waals surface area contributed by atoms with Crippen LogP contribution in [0.4, 0.5) is 0 Å². The molecule has 0 aliphatic carbocycles. The highest BCUT2D eigenvalue weighted by molar-refractivity contribution is 4.89. The Labute approximate surface area is 56.5 Å². The molecule has 0 unspecified atom stereocenters. The highest BCUT2D eigenvalue weighted by atomic mass is 16.3. The fraction of sp³-hybridized carbons (Fsp3) is 1.00. The number of aliphatic hydroxyl groups excluding tert-OH is 1. The third kappa shape index (κ3) is 1.10. The van der Waals surface area contributed by atoms with Crippen molar-refractivity contribution in [2.24, 2.45) is 0 Å². The second-order valence-corrected chi connectivity index (χ2v) is 3.10. The van der Waals surface area contributed by atoms with E-state index in [0.717, 1.165) is 6.54 Å². The van der Waals surface area contributed by atoms with Gasteiger partial charge in [0, 0.05) is 18.6 Å². The fourth-order valence-corrected chi connectivity index (χ4v) is 1.30. The molecule has 1 N–H and O–H groups in total. The van der Waals surface area contributed by atoms with E-state index in [1.807, 2.05) is 0 Å². The van der Waals surface area contributed by atoms with E-state index in [0.29, 0.717) is 12.1 Å². The van der Waals surface area contributed by atoms with E-state index in [2.05, 4.69) is 25.7 Å². The Morgan fingerprint density at radius 2 is 2.11 bits per heavy atom. The summed E-state index contributed by atoms with van der Waals surface area (Å²) in [5.41, 5.74) is 0. The second kappa shape index (κ2) is 2.27. The maximum atomic E-state index is 9.09. The van der Waals surface area contributed by atoms with Crippen molar-refractivity contribution in [1.82, 2.24) is 4.90 Å². The molecular weight excluding hydrogens is 114 g/mol. The monoisotopic (exact) mass is 129 g/mol. The highest BCUT2D eigenvalue weighted by Gasteiger charge is 2.34. The molecule has 0 aromatic heterocycles. The van der Waals surface area contributed by atoms with Gasteiger partial charge in [-0.2, -0.15) is 0 Å². The lowest BCUT2D eigenvalue weighted by Gasteiger charge is -2.46. The molecule has 54 valence electrons. The van der Waals surface area contributed by atoms with Crippen molar-refractivity contribution < 1.29 is 5.11 Å². The van der Waals surface area contributed by atoms with Crippen LogP contribution in [0.5, 0.6) is 0 Å². The Hall–Kier alpha value is -0.0800. The molecular formula is C7H15NO. The van der Waals surface area contributed by atoms with Gasteiger partial charge in [-0.1, -0.05) is 0 Å². The third-order valence-corrected chi connectivity index (χ3v) is 2.14. The molecule has 0 bridgehead atoms. The van der Waals surface area contributed by atoms with Gasteiger partial charge in [0.25, 0.3) is 0 Å². The molecule has 2 heteroatoms. The molecule has 1 fully saturated rings. The molecule has 0 radical (unpaired) electrons. The molecule has 0 aromatic carbocycles. The molecule has 0 spiro atoms. The Kier molecular flexibility index (Phi) is 1.78. The molecule has 1 aliphatic rings. The van der Waals surface area contributed by atoms with Crippen LogP contribution in [0.25, 0.3) is 0 Å². The highest BCUT2D eigenvalue weighted by Crippen LogP contribution is 2.19. The smallest absolute Gasteiger partial charge is 0.0819 e. The minimum absolute atomic E-state index is 0.0765. The molecule has 9 heavy (non-hydrogen) atoms. The molecule has 1 heterocycles. The lowest BCUT2D eigenvalue weighted by Crippen LogP contribution is -2.60. The van der Waals surface area contributed by atoms with Gasteiger partial charge in [0.2, 0.25) is 0 Å². The van der Waals surface area contributed by atoms with Crippen LogP contribution in [0.1, 0.15) is 20.8 Å². The van der Waals surface area contributed by atoms with Crippen LogP contribution in [0, 0.1) is 0 Å². The zero-order chi connectivity index (χ0) is 7.02. The van der Waals surface area contributed by atoms with Gasteiger partial charge in [0.1, 0.15) is 0 Å². The van der Waals surface area contributed by atoms with E-state index in [1.54, 1.807) is 0 Å². The van der Waals surface area contributed by atoms with Crippen LogP contribution in [0.15, 0.2) is 0 Å². The third-order valence-electron chi connectivity index (χ3n) is 2.14. The molecule has 0 saturated carbocycles. The Balaban J connectivity index is 2.33. The molecule has 1 saturated heterocycles. The van der Waals surface area contributed by atoms with Crippen molar-refractivity contribution in [1.29, 1.82) is 0 Å². The van der Waals surface area contributed by atoms with Crippen LogP contribution in [-0.2, 0) is 0 Å². The second-order valence-electron chi connectivity index (χ2n) is 3.10. The van der Waals surface area contributed by atoms with Gasteiger partial charge in [-0.05, 0) is 20.8 Å². The average molecular weight is 129 g/mol. The van der Waals surface area contributed by atoms with Crippen LogP contribution < -0.4 is 0 Å². The summed E-state index contributed by atoms with van der Waals surface area (Å²) in [5.74, 6) is 0. The first-order chi connectivity index (χ1) is 4.13. The zero-order valence-electron chi connectivity index (χ0n) is 6.33. The fourth-order valence-electron chi connectivity index (χ4n) is 1.30. The van der Waals surface area contributed by atoms with Gasteiger partial charge in [0.15, 0.2) is 0 Å². The van der Waals surface area contributed by atoms with E-state index < -0.39 is 0 Å². The molecule has 0 aromatic rings. The Bertz CT molecular complexity index is 103. The lowest BCUT2D eigenvalue weighted by atomic mass is 9.99. The number of hydrogen-bond acceptors (Lipinski definition) is 2. The number of likely N-dealkylation sites (tertiary alicyclic amines) is 1. The Morgan fingerprint density at radius 3 is 2.22 bits per heavy atom. The minimum Gasteiger partial charge on any atom is -0.390 e. The average Bonchev–Trinajstić information content (AvgIpc) is 1.81. The van der Waals surface area contributed by atoms with E-state index in [-0.39, 0.29) is 6.10 Å². The maximum Gasteiger partial charge on any atom is 0.0819 e. The first-order valence-corrected chi connectivity index (χ1v) is 3.56. The summed E-state index contributed by atoms with van der Waals surface area (Å²) in [6, 6.07) is 0.966. The summed E-state index contributed by atoms with van der Waals surface area (Å²) in [4.78, 5) is 2.28. The largest absolute Gasteiger partial charge is 0.390 e. The Morgan fingerprint density at radius 1 is 1.56 bits per heavy atom. The number of nitrogens with zero attached hydrogens (tertiary/aromatic N) is 1. The number of β-amino-alcohol motifs (C(OH)–C–C–N with tert-alkyl or cyclic N) is 1. The summed E-state index contributed by atoms with van der Waals surface area (Å²) in [6.07, 6.45) is -0.0765. The first-order valence-electron chi connectivity index (χ1n) is 3.56. The van der Waals surface area contributed by atoms with E-state index in [9.17, 15) is 0 Å². The van der Waals surface area contributed by atoms with E-state index >= 15 is 0 Å². The van der Waals surface area contributed by atoms with Crippen molar-refractivity contribution in [2.75, 3.05) is 6.54 Å². The molecule has 2 nitrogen and oxygen atoms in total. The number of rotatable bonds is 1. The van der Waals surface area contributed by atoms with E-state index in [4.69, 9.17) is 5.11 Å². The normalized spacial score (nSPS) is 37.0. The summed E-state index contributed by atoms with van der Waals surface area (Å²) >= 11 is 0. The van der Waals surface area contributed by atoms with E-state index in [1.165, 1.54) is 0 Å². The minimum atomic E-state index is -0.0765. The SMILES string of the molecule is CC(C)N1C[C@@H](O)[C@H]1C. The molecule has 0 amide bonds. The zero-order valence-corrected chi connectivity index (χ0v) is 6.33. The van der Waals surface area contributed by atoms with Crippen LogP contribution in [0.2, 0.25) is 0 Å². The standard InChI is InChI=1S/C7H15NO/c1-5(2)8-4-7(9)6(8)3/h5-7,9H,4H2,1-3H3/t6-,7-/m1/s1. The predicted octanol–water partition coefficient (Wildman–Crippen LogP) is 0.460.